The average molecular weight is 387 g/mol. The standard InChI is InChI=1S/C22H21N5O2/c1-16-25-21-19(15-24-27(21)18-10-6-3-7-11-18)22(29)26(16)13-12-20(28)23-14-17-8-4-2-5-9-17/h2-11,15H,12-14H2,1H3,(H,23,28). The van der Waals surface area contributed by atoms with E-state index in [9.17, 15) is 9.59 Å². The van der Waals surface area contributed by atoms with Crippen LogP contribution in [0.1, 0.15) is 17.8 Å². The van der Waals surface area contributed by atoms with Crippen molar-refractivity contribution in [2.24, 2.45) is 0 Å². The minimum absolute atomic E-state index is 0.111. The summed E-state index contributed by atoms with van der Waals surface area (Å²) in [6, 6.07) is 19.3. The zero-order valence-electron chi connectivity index (χ0n) is 16.1. The molecule has 0 fully saturated rings. The van der Waals surface area contributed by atoms with Crippen molar-refractivity contribution >= 4 is 16.9 Å². The maximum Gasteiger partial charge on any atom is 0.264 e. The summed E-state index contributed by atoms with van der Waals surface area (Å²) in [5.41, 5.74) is 2.20. The number of para-hydroxylation sites is 1. The van der Waals surface area contributed by atoms with Crippen molar-refractivity contribution in [3.63, 3.8) is 0 Å². The predicted octanol–water partition coefficient (Wildman–Crippen LogP) is 2.60. The Morgan fingerprint density at radius 3 is 2.45 bits per heavy atom. The van der Waals surface area contributed by atoms with Gasteiger partial charge in [-0.15, -0.1) is 0 Å². The molecule has 146 valence electrons. The minimum Gasteiger partial charge on any atom is -0.352 e. The molecular formula is C22H21N5O2. The number of nitrogens with zero attached hydrogens (tertiary/aromatic N) is 4. The molecule has 0 saturated carbocycles. The molecule has 1 amide bonds. The number of carbonyl (C=O) groups is 1. The molecule has 0 unspecified atom stereocenters. The van der Waals surface area contributed by atoms with E-state index in [1.54, 1.807) is 11.6 Å². The maximum atomic E-state index is 12.9. The number of fused-ring (bicyclic) bond motifs is 1. The lowest BCUT2D eigenvalue weighted by Gasteiger charge is -2.10. The van der Waals surface area contributed by atoms with Gasteiger partial charge in [-0.25, -0.2) is 9.67 Å². The third-order valence-corrected chi connectivity index (χ3v) is 4.77. The molecule has 4 rings (SSSR count). The third-order valence-electron chi connectivity index (χ3n) is 4.77. The summed E-state index contributed by atoms with van der Waals surface area (Å²) < 4.78 is 3.18. The Kier molecular flexibility index (Phi) is 5.20. The number of aromatic nitrogens is 4. The Bertz CT molecular complexity index is 1200. The summed E-state index contributed by atoms with van der Waals surface area (Å²) in [7, 11) is 0. The third kappa shape index (κ3) is 3.94. The maximum absolute atomic E-state index is 12.9. The molecule has 0 saturated heterocycles. The van der Waals surface area contributed by atoms with Crippen molar-refractivity contribution in [1.82, 2.24) is 24.6 Å². The Balaban J connectivity index is 1.51. The number of hydrogen-bond acceptors (Lipinski definition) is 4. The van der Waals surface area contributed by atoms with Crippen LogP contribution in [0.5, 0.6) is 0 Å². The van der Waals surface area contributed by atoms with Gasteiger partial charge in [0.15, 0.2) is 5.65 Å². The van der Waals surface area contributed by atoms with Crippen molar-refractivity contribution in [3.05, 3.63) is 88.6 Å². The zero-order chi connectivity index (χ0) is 20.2. The molecule has 2 aromatic carbocycles. The normalized spacial score (nSPS) is 10.9. The number of amides is 1. The molecule has 7 heteroatoms. The molecule has 0 radical (unpaired) electrons. The number of carbonyl (C=O) groups excluding carboxylic acids is 1. The van der Waals surface area contributed by atoms with E-state index in [1.807, 2.05) is 60.7 Å². The summed E-state index contributed by atoms with van der Waals surface area (Å²) in [5.74, 6) is 0.441. The van der Waals surface area contributed by atoms with E-state index in [4.69, 9.17) is 0 Å². The molecule has 7 nitrogen and oxygen atoms in total. The first kappa shape index (κ1) is 18.6. The van der Waals surface area contributed by atoms with E-state index >= 15 is 0 Å². The zero-order valence-corrected chi connectivity index (χ0v) is 16.1. The summed E-state index contributed by atoms with van der Waals surface area (Å²) in [6.45, 7) is 2.50. The van der Waals surface area contributed by atoms with Gasteiger partial charge in [0.1, 0.15) is 11.2 Å². The molecule has 2 aromatic heterocycles. The van der Waals surface area contributed by atoms with Gasteiger partial charge in [-0.2, -0.15) is 5.10 Å². The number of aryl methyl sites for hydroxylation is 1. The fraction of sp³-hybridized carbons (Fsp3) is 0.182. The highest BCUT2D eigenvalue weighted by atomic mass is 16.1. The molecule has 0 aliphatic rings. The van der Waals surface area contributed by atoms with Crippen LogP contribution in [0.2, 0.25) is 0 Å². The van der Waals surface area contributed by atoms with E-state index in [0.717, 1.165) is 11.3 Å². The first-order valence-electron chi connectivity index (χ1n) is 9.45. The van der Waals surface area contributed by atoms with Gasteiger partial charge in [0.2, 0.25) is 5.91 Å². The quantitative estimate of drug-likeness (QED) is 0.551. The van der Waals surface area contributed by atoms with E-state index in [2.05, 4.69) is 15.4 Å². The van der Waals surface area contributed by atoms with Crippen molar-refractivity contribution in [3.8, 4) is 5.69 Å². The lowest BCUT2D eigenvalue weighted by Crippen LogP contribution is -2.29. The molecule has 1 N–H and O–H groups in total. The van der Waals surface area contributed by atoms with Crippen LogP contribution >= 0.6 is 0 Å². The molecule has 0 atom stereocenters. The van der Waals surface area contributed by atoms with Gasteiger partial charge in [0, 0.05) is 19.5 Å². The van der Waals surface area contributed by atoms with Crippen LogP contribution in [0.4, 0.5) is 0 Å². The van der Waals surface area contributed by atoms with Gasteiger partial charge in [0.05, 0.1) is 11.9 Å². The Labute approximate surface area is 167 Å². The van der Waals surface area contributed by atoms with Crippen LogP contribution < -0.4 is 10.9 Å². The van der Waals surface area contributed by atoms with Gasteiger partial charge in [-0.3, -0.25) is 14.2 Å². The lowest BCUT2D eigenvalue weighted by atomic mass is 10.2. The Morgan fingerprint density at radius 1 is 1.03 bits per heavy atom. The molecule has 0 bridgehead atoms. The van der Waals surface area contributed by atoms with Gasteiger partial charge >= 0.3 is 0 Å². The Morgan fingerprint density at radius 2 is 1.72 bits per heavy atom. The summed E-state index contributed by atoms with van der Waals surface area (Å²) >= 11 is 0. The molecule has 0 aliphatic heterocycles. The lowest BCUT2D eigenvalue weighted by molar-refractivity contribution is -0.121. The fourth-order valence-electron chi connectivity index (χ4n) is 3.23. The number of hydrogen-bond donors (Lipinski definition) is 1. The first-order valence-corrected chi connectivity index (χ1v) is 9.45. The van der Waals surface area contributed by atoms with Crippen molar-refractivity contribution < 1.29 is 4.79 Å². The van der Waals surface area contributed by atoms with Gasteiger partial charge in [-0.05, 0) is 24.6 Å². The SMILES string of the molecule is Cc1nc2c(cnn2-c2ccccc2)c(=O)n1CCC(=O)NCc1ccccc1. The second-order valence-electron chi connectivity index (χ2n) is 6.76. The van der Waals surface area contributed by atoms with Gasteiger partial charge in [0.25, 0.3) is 5.56 Å². The second kappa shape index (κ2) is 8.10. The highest BCUT2D eigenvalue weighted by Crippen LogP contribution is 2.14. The second-order valence-corrected chi connectivity index (χ2v) is 6.76. The highest BCUT2D eigenvalue weighted by Gasteiger charge is 2.14. The largest absolute Gasteiger partial charge is 0.352 e. The number of nitrogens with one attached hydrogen (secondary N) is 1. The van der Waals surface area contributed by atoms with Crippen LogP contribution in [0, 0.1) is 6.92 Å². The fourth-order valence-corrected chi connectivity index (χ4v) is 3.23. The smallest absolute Gasteiger partial charge is 0.264 e. The van der Waals surface area contributed by atoms with Gasteiger partial charge in [-0.1, -0.05) is 48.5 Å². The van der Waals surface area contributed by atoms with E-state index < -0.39 is 0 Å². The van der Waals surface area contributed by atoms with E-state index in [0.29, 0.717) is 23.4 Å². The van der Waals surface area contributed by atoms with E-state index in [-0.39, 0.29) is 24.4 Å². The predicted molar refractivity (Wildman–Crippen MR) is 111 cm³/mol. The van der Waals surface area contributed by atoms with Crippen LogP contribution in [-0.2, 0) is 17.9 Å². The van der Waals surface area contributed by atoms with Crippen molar-refractivity contribution in [2.45, 2.75) is 26.4 Å². The van der Waals surface area contributed by atoms with Crippen molar-refractivity contribution in [2.75, 3.05) is 0 Å². The van der Waals surface area contributed by atoms with Gasteiger partial charge < -0.3 is 5.32 Å². The van der Waals surface area contributed by atoms with Crippen LogP contribution in [0.3, 0.4) is 0 Å². The van der Waals surface area contributed by atoms with E-state index in [1.165, 1.54) is 10.8 Å². The highest BCUT2D eigenvalue weighted by molar-refractivity contribution is 5.76. The first-order chi connectivity index (χ1) is 14.1. The van der Waals surface area contributed by atoms with Crippen LogP contribution in [-0.4, -0.2) is 25.2 Å². The average Bonchev–Trinajstić information content (AvgIpc) is 3.17. The summed E-state index contributed by atoms with van der Waals surface area (Å²) in [6.07, 6.45) is 1.73. The molecule has 29 heavy (non-hydrogen) atoms. The van der Waals surface area contributed by atoms with Crippen LogP contribution in [0.25, 0.3) is 16.7 Å². The minimum atomic E-state index is -0.189. The molecule has 0 aliphatic carbocycles. The number of rotatable bonds is 6. The summed E-state index contributed by atoms with van der Waals surface area (Å²) in [4.78, 5) is 29.7. The molecule has 0 spiro atoms. The molecule has 2 heterocycles. The molecule has 4 aromatic rings. The van der Waals surface area contributed by atoms with Crippen molar-refractivity contribution in [1.29, 1.82) is 0 Å². The van der Waals surface area contributed by atoms with Crippen LogP contribution in [0.15, 0.2) is 71.7 Å². The summed E-state index contributed by atoms with van der Waals surface area (Å²) in [5, 5.41) is 7.64. The number of benzene rings is 2. The topological polar surface area (TPSA) is 81.8 Å². The Hall–Kier alpha value is -3.74. The molecular weight excluding hydrogens is 366 g/mol. The monoisotopic (exact) mass is 387 g/mol.